The van der Waals surface area contributed by atoms with Gasteiger partial charge in [0.2, 0.25) is 0 Å². The Bertz CT molecular complexity index is 550. The summed E-state index contributed by atoms with van der Waals surface area (Å²) >= 11 is 0. The van der Waals surface area contributed by atoms with E-state index in [2.05, 4.69) is 91.0 Å². The second kappa shape index (κ2) is 18.2. The van der Waals surface area contributed by atoms with Crippen molar-refractivity contribution < 1.29 is 28.2 Å². The first kappa shape index (κ1) is 35.5. The third kappa shape index (κ3) is 8.67. The molecule has 0 fully saturated rings. The van der Waals surface area contributed by atoms with E-state index >= 15 is 0 Å². The molecule has 0 N–H and O–H groups in total. The molecule has 0 saturated carbocycles. The smallest absolute Gasteiger partial charge is 0.166 e. The number of rotatable bonds is 3. The minimum Gasteiger partial charge on any atom is -1.00 e. The molecule has 145 valence electrons. The van der Waals surface area contributed by atoms with Crippen LogP contribution < -0.4 is 28.2 Å². The average Bonchev–Trinajstić information content (AvgIpc) is 2.51. The molecular weight excluding hydrogens is 484 g/mol. The van der Waals surface area contributed by atoms with Crippen LogP contribution in [-0.2, 0) is 10.9 Å². The van der Waals surface area contributed by atoms with Gasteiger partial charge in [0.1, 0.15) is 0 Å². The Kier molecular flexibility index (Phi) is 24.9. The van der Waals surface area contributed by atoms with E-state index in [1.165, 1.54) is 14.7 Å². The summed E-state index contributed by atoms with van der Waals surface area (Å²) in [4.78, 5) is 4.08. The van der Waals surface area contributed by atoms with Crippen molar-refractivity contribution in [2.24, 2.45) is 0 Å². The van der Waals surface area contributed by atoms with Crippen LogP contribution in [0.3, 0.4) is 0 Å². The molecule has 0 aromatic heterocycles. The van der Waals surface area contributed by atoms with E-state index in [9.17, 15) is 0 Å². The number of halogens is 6. The molecule has 0 bridgehead atoms. The third-order valence-electron chi connectivity index (χ3n) is 2.94. The van der Waals surface area contributed by atoms with Gasteiger partial charge in [-0.2, -0.15) is 0 Å². The minimum absolute atomic E-state index is 0. The van der Waals surface area contributed by atoms with Gasteiger partial charge in [0.15, 0.2) is 14.7 Å². The molecule has 0 aliphatic carbocycles. The second-order valence-electron chi connectivity index (χ2n) is 4.25. The number of hydrogen-bond acceptors (Lipinski definition) is 0. The summed E-state index contributed by atoms with van der Waals surface area (Å²) in [6, 6.07) is 32.2. The van der Waals surface area contributed by atoms with Crippen molar-refractivity contribution in [2.45, 2.75) is 14.7 Å². The summed E-state index contributed by atoms with van der Waals surface area (Å²) in [5, 5.41) is 0. The molecule has 0 aliphatic rings. The molecular formula is C18H15F6SSb-5. The van der Waals surface area contributed by atoms with E-state index in [0.717, 1.165) is 0 Å². The fourth-order valence-electron chi connectivity index (χ4n) is 2.08. The normalized spacial score (nSPS) is 7.73. The van der Waals surface area contributed by atoms with Crippen molar-refractivity contribution in [3.8, 4) is 0 Å². The first-order valence-electron chi connectivity index (χ1n) is 6.34. The average molecular weight is 499 g/mol. The molecule has 0 atom stereocenters. The van der Waals surface area contributed by atoms with Gasteiger partial charge in [0.25, 0.3) is 0 Å². The van der Waals surface area contributed by atoms with Crippen molar-refractivity contribution in [2.75, 3.05) is 0 Å². The molecule has 0 aliphatic heterocycles. The Morgan fingerprint density at radius 1 is 0.346 bits per heavy atom. The largest absolute Gasteiger partial charge is 1.00 e. The van der Waals surface area contributed by atoms with Crippen molar-refractivity contribution in [1.82, 2.24) is 0 Å². The molecule has 3 aromatic rings. The maximum absolute atomic E-state index is 2.21. The maximum Gasteiger partial charge on any atom is 0.166 e. The molecule has 3 radical (unpaired) electrons. The topological polar surface area (TPSA) is 0 Å². The summed E-state index contributed by atoms with van der Waals surface area (Å²) < 4.78 is 0. The van der Waals surface area contributed by atoms with Gasteiger partial charge in [-0.15, -0.1) is 0 Å². The molecule has 26 heavy (non-hydrogen) atoms. The standard InChI is InChI=1S/C18H15S.6FH.Sb/c1-4-10-16(11-5-1)19(17-12-6-2-7-13-17)18-14-8-3-9-15-18;;;;;;;/h1-15H;6*1H;/q+1;;;;;;;/p-6. The monoisotopic (exact) mass is 498 g/mol. The molecule has 0 heterocycles. The summed E-state index contributed by atoms with van der Waals surface area (Å²) in [6.07, 6.45) is 0. The Balaban J connectivity index is -0.000000210. The molecule has 0 saturated heterocycles. The van der Waals surface area contributed by atoms with Gasteiger partial charge in [0, 0.05) is 24.4 Å². The Hall–Kier alpha value is -1.59. The van der Waals surface area contributed by atoms with Gasteiger partial charge >= 0.3 is 0 Å². The zero-order chi connectivity index (χ0) is 12.9. The molecule has 0 unspecified atom stereocenters. The maximum atomic E-state index is 2.21. The van der Waals surface area contributed by atoms with Gasteiger partial charge in [0.05, 0.1) is 10.9 Å². The van der Waals surface area contributed by atoms with Crippen molar-refractivity contribution in [3.05, 3.63) is 91.0 Å². The van der Waals surface area contributed by atoms with Crippen molar-refractivity contribution >= 4 is 35.3 Å². The van der Waals surface area contributed by atoms with Crippen LogP contribution in [0.15, 0.2) is 106 Å². The minimum atomic E-state index is -0.0146. The van der Waals surface area contributed by atoms with Gasteiger partial charge < -0.3 is 28.2 Å². The van der Waals surface area contributed by atoms with Crippen LogP contribution in [0.2, 0.25) is 0 Å². The Labute approximate surface area is 169 Å². The van der Waals surface area contributed by atoms with Gasteiger partial charge in [-0.25, -0.2) is 0 Å². The zero-order valence-corrected chi connectivity index (χ0v) is 16.7. The summed E-state index contributed by atoms with van der Waals surface area (Å²) in [5.41, 5.74) is 0. The molecule has 0 amide bonds. The molecule has 3 aromatic carbocycles. The first-order chi connectivity index (χ1) is 9.45. The van der Waals surface area contributed by atoms with Crippen molar-refractivity contribution in [3.63, 3.8) is 0 Å². The van der Waals surface area contributed by atoms with Gasteiger partial charge in [-0.05, 0) is 36.4 Å². The summed E-state index contributed by atoms with van der Waals surface area (Å²) in [6.45, 7) is 0. The van der Waals surface area contributed by atoms with Crippen LogP contribution in [0.25, 0.3) is 0 Å². The van der Waals surface area contributed by atoms with E-state index in [4.69, 9.17) is 0 Å². The molecule has 0 spiro atoms. The van der Waals surface area contributed by atoms with Crippen LogP contribution in [0.4, 0.5) is 0 Å². The van der Waals surface area contributed by atoms with E-state index < -0.39 is 0 Å². The van der Waals surface area contributed by atoms with E-state index in [-0.39, 0.29) is 63.5 Å². The summed E-state index contributed by atoms with van der Waals surface area (Å²) in [7, 11) is -0.0146. The fourth-order valence-corrected chi connectivity index (χ4v) is 4.18. The van der Waals surface area contributed by atoms with Crippen LogP contribution in [0, 0.1) is 0 Å². The van der Waals surface area contributed by atoms with Crippen molar-refractivity contribution in [1.29, 1.82) is 0 Å². The predicted molar refractivity (Wildman–Crippen MR) is 87.2 cm³/mol. The second-order valence-corrected chi connectivity index (χ2v) is 6.27. The molecule has 0 nitrogen and oxygen atoms in total. The van der Waals surface area contributed by atoms with E-state index in [0.29, 0.717) is 0 Å². The van der Waals surface area contributed by atoms with Crippen LogP contribution in [-0.4, -0.2) is 24.4 Å². The number of benzene rings is 3. The van der Waals surface area contributed by atoms with Crippen LogP contribution in [0.1, 0.15) is 0 Å². The Morgan fingerprint density at radius 2 is 0.538 bits per heavy atom. The summed E-state index contributed by atoms with van der Waals surface area (Å²) in [5.74, 6) is 0. The Morgan fingerprint density at radius 3 is 0.731 bits per heavy atom. The SMILES string of the molecule is [F-].[F-].[F-].[F-].[F-].[F-].[Sb].c1ccc([S+](c2ccccc2)c2ccccc2)cc1. The van der Waals surface area contributed by atoms with Crippen LogP contribution in [0.5, 0.6) is 0 Å². The van der Waals surface area contributed by atoms with Crippen LogP contribution >= 0.6 is 0 Å². The van der Waals surface area contributed by atoms with E-state index in [1.807, 2.05) is 0 Å². The third-order valence-corrected chi connectivity index (χ3v) is 5.17. The first-order valence-corrected chi connectivity index (χ1v) is 7.57. The van der Waals surface area contributed by atoms with Gasteiger partial charge in [-0.3, -0.25) is 0 Å². The molecule has 3 rings (SSSR count). The zero-order valence-electron chi connectivity index (χ0n) is 13.3. The number of hydrogen-bond donors (Lipinski definition) is 0. The quantitative estimate of drug-likeness (QED) is 0.191. The van der Waals surface area contributed by atoms with Gasteiger partial charge in [-0.1, -0.05) is 54.6 Å². The fraction of sp³-hybridized carbons (Fsp3) is 0. The predicted octanol–water partition coefficient (Wildman–Crippen LogP) is -13.6. The van der Waals surface area contributed by atoms with E-state index in [1.54, 1.807) is 0 Å². The molecule has 8 heteroatoms.